The second-order valence-electron chi connectivity index (χ2n) is 10.1. The van der Waals surface area contributed by atoms with Crippen molar-refractivity contribution >= 4 is 40.8 Å². The second-order valence-corrected chi connectivity index (χ2v) is 11.1. The van der Waals surface area contributed by atoms with Crippen LogP contribution in [0.25, 0.3) is 15.2 Å². The molecule has 4 aromatic rings. The molecule has 1 aromatic carbocycles. The molecule has 0 unspecified atom stereocenters. The van der Waals surface area contributed by atoms with Crippen molar-refractivity contribution in [3.05, 3.63) is 68.4 Å². The van der Waals surface area contributed by atoms with Gasteiger partial charge < -0.3 is 14.2 Å². The summed E-state index contributed by atoms with van der Waals surface area (Å²) >= 11 is 1.17. The molecule has 0 aliphatic carbocycles. The van der Waals surface area contributed by atoms with Gasteiger partial charge in [0.05, 0.1) is 50.7 Å². The van der Waals surface area contributed by atoms with Gasteiger partial charge in [-0.3, -0.25) is 14.2 Å². The Kier molecular flexibility index (Phi) is 11.2. The highest BCUT2D eigenvalue weighted by Gasteiger charge is 2.29. The number of Topliss-reactive ketones (excluding diaryl/α,β-unsaturated/α-hetero) is 1. The van der Waals surface area contributed by atoms with E-state index >= 15 is 0 Å². The predicted octanol–water partition coefficient (Wildman–Crippen LogP) is 3.95. The highest BCUT2D eigenvalue weighted by molar-refractivity contribution is 7.59. The molecule has 3 heterocycles. The van der Waals surface area contributed by atoms with Crippen LogP contribution in [0, 0.1) is 18.7 Å². The standard InChI is InChI=1S/C28H34FN5O6S.H2S/c1-16(2)13-21(35)18(4)33-25(36)24-17(3)26(34-30-9-10-31-34)41-27(24)32(28(33)37)15-23(40-12-11-38-5)20-14-19(29)7-8-22(20)39-6;/h7-10,14,16,18,23H,11-13,15H2,1-6H3;1H2/t18-,23-;/m0./s1. The molecule has 11 nitrogen and oxygen atoms in total. The molecule has 0 spiro atoms. The zero-order chi connectivity index (χ0) is 29.8. The number of thiophene rings is 1. The lowest BCUT2D eigenvalue weighted by Gasteiger charge is -2.23. The van der Waals surface area contributed by atoms with Crippen LogP contribution in [-0.2, 0) is 20.8 Å². The lowest BCUT2D eigenvalue weighted by molar-refractivity contribution is -0.122. The lowest BCUT2D eigenvalue weighted by atomic mass is 10.0. The number of nitrogens with zero attached hydrogens (tertiary/aromatic N) is 5. The van der Waals surface area contributed by atoms with Crippen LogP contribution in [0.2, 0.25) is 0 Å². The molecule has 0 N–H and O–H groups in total. The Labute approximate surface area is 253 Å². The van der Waals surface area contributed by atoms with Crippen LogP contribution in [0.3, 0.4) is 0 Å². The van der Waals surface area contributed by atoms with E-state index in [2.05, 4.69) is 10.2 Å². The maximum atomic E-state index is 14.4. The minimum absolute atomic E-state index is 0. The van der Waals surface area contributed by atoms with Crippen molar-refractivity contribution in [2.24, 2.45) is 5.92 Å². The quantitative estimate of drug-likeness (QED) is 0.206. The topological polar surface area (TPSA) is 119 Å². The zero-order valence-electron chi connectivity index (χ0n) is 24.4. The number of fused-ring (bicyclic) bond motifs is 1. The average molecular weight is 622 g/mol. The molecule has 0 bridgehead atoms. The van der Waals surface area contributed by atoms with E-state index in [9.17, 15) is 18.8 Å². The summed E-state index contributed by atoms with van der Waals surface area (Å²) in [5.41, 5.74) is -0.299. The minimum atomic E-state index is -1.00. The third-order valence-electron chi connectivity index (χ3n) is 6.77. The highest BCUT2D eigenvalue weighted by atomic mass is 32.1. The smallest absolute Gasteiger partial charge is 0.332 e. The molecule has 0 fully saturated rings. The third kappa shape index (κ3) is 6.66. The van der Waals surface area contributed by atoms with Gasteiger partial charge in [0.1, 0.15) is 27.5 Å². The van der Waals surface area contributed by atoms with Gasteiger partial charge in [-0.2, -0.15) is 23.7 Å². The molecular weight excluding hydrogens is 585 g/mol. The number of halogens is 1. The molecule has 0 radical (unpaired) electrons. The van der Waals surface area contributed by atoms with Gasteiger partial charge in [0.2, 0.25) is 0 Å². The number of carbonyl (C=O) groups is 1. The summed E-state index contributed by atoms with van der Waals surface area (Å²) in [5, 5.41) is 9.23. The molecule has 3 aromatic heterocycles. The van der Waals surface area contributed by atoms with Crippen molar-refractivity contribution < 1.29 is 23.4 Å². The fourth-order valence-corrected chi connectivity index (χ4v) is 5.94. The van der Waals surface area contributed by atoms with Crippen LogP contribution >= 0.6 is 24.8 Å². The van der Waals surface area contributed by atoms with Gasteiger partial charge in [0, 0.05) is 24.7 Å². The van der Waals surface area contributed by atoms with Crippen LogP contribution in [0.15, 0.2) is 40.2 Å². The molecule has 2 atom stereocenters. The third-order valence-corrected chi connectivity index (χ3v) is 8.06. The first-order valence-electron chi connectivity index (χ1n) is 13.2. The first-order chi connectivity index (χ1) is 19.6. The van der Waals surface area contributed by atoms with Crippen molar-refractivity contribution in [1.29, 1.82) is 0 Å². The van der Waals surface area contributed by atoms with Gasteiger partial charge in [-0.15, -0.1) is 4.80 Å². The van der Waals surface area contributed by atoms with Crippen LogP contribution < -0.4 is 16.0 Å². The number of benzene rings is 1. The number of ether oxygens (including phenoxy) is 3. The van der Waals surface area contributed by atoms with Gasteiger partial charge in [-0.05, 0) is 38.0 Å². The number of hydrogen-bond acceptors (Lipinski definition) is 9. The largest absolute Gasteiger partial charge is 0.496 e. The first kappa shape index (κ1) is 33.2. The van der Waals surface area contributed by atoms with Gasteiger partial charge in [0.15, 0.2) is 5.78 Å². The Morgan fingerprint density at radius 3 is 2.40 bits per heavy atom. The molecule has 0 aliphatic rings. The summed E-state index contributed by atoms with van der Waals surface area (Å²) in [4.78, 5) is 42.8. The van der Waals surface area contributed by atoms with E-state index in [0.717, 1.165) is 4.57 Å². The molecule has 0 aliphatic heterocycles. The predicted molar refractivity (Wildman–Crippen MR) is 163 cm³/mol. The molecule has 228 valence electrons. The van der Waals surface area contributed by atoms with Gasteiger partial charge in [0.25, 0.3) is 5.56 Å². The molecular formula is C28H36FN5O6S2. The van der Waals surface area contributed by atoms with Crippen molar-refractivity contribution in [3.8, 4) is 10.8 Å². The minimum Gasteiger partial charge on any atom is -0.496 e. The van der Waals surface area contributed by atoms with Crippen molar-refractivity contribution in [3.63, 3.8) is 0 Å². The SMILES string of the molecule is COCCO[C@@H](Cn1c(=O)n([C@@H](C)C(=O)CC(C)C)c(=O)c2c(C)c(-n3nccn3)sc21)c1cc(F)ccc1OC.S. The van der Waals surface area contributed by atoms with E-state index in [0.29, 0.717) is 26.7 Å². The van der Waals surface area contributed by atoms with Crippen molar-refractivity contribution in [1.82, 2.24) is 24.1 Å². The summed E-state index contributed by atoms with van der Waals surface area (Å²) < 4.78 is 33.6. The van der Waals surface area contributed by atoms with E-state index in [-0.39, 0.29) is 56.8 Å². The molecule has 42 heavy (non-hydrogen) atoms. The van der Waals surface area contributed by atoms with E-state index in [1.165, 1.54) is 65.5 Å². The maximum Gasteiger partial charge on any atom is 0.332 e. The fraction of sp³-hybridized carbons (Fsp3) is 0.464. The monoisotopic (exact) mass is 621 g/mol. The van der Waals surface area contributed by atoms with E-state index < -0.39 is 29.2 Å². The maximum absolute atomic E-state index is 14.4. The van der Waals surface area contributed by atoms with Gasteiger partial charge in [-0.1, -0.05) is 25.2 Å². The zero-order valence-corrected chi connectivity index (χ0v) is 26.2. The lowest BCUT2D eigenvalue weighted by Crippen LogP contribution is -2.44. The van der Waals surface area contributed by atoms with Crippen LogP contribution in [0.5, 0.6) is 5.75 Å². The summed E-state index contributed by atoms with van der Waals surface area (Å²) in [7, 11) is 2.99. The molecule has 0 saturated carbocycles. The van der Waals surface area contributed by atoms with Crippen LogP contribution in [0.4, 0.5) is 4.39 Å². The molecule has 0 saturated heterocycles. The first-order valence-corrected chi connectivity index (χ1v) is 14.0. The van der Waals surface area contributed by atoms with E-state index in [1.54, 1.807) is 13.8 Å². The molecule has 4 rings (SSSR count). The number of ketones is 1. The normalized spacial score (nSPS) is 12.9. The second kappa shape index (κ2) is 14.2. The molecule has 14 heteroatoms. The fourth-order valence-electron chi connectivity index (χ4n) is 4.72. The summed E-state index contributed by atoms with van der Waals surface area (Å²) in [5.74, 6) is -0.316. The Bertz CT molecular complexity index is 1650. The van der Waals surface area contributed by atoms with Crippen molar-refractivity contribution in [2.75, 3.05) is 27.4 Å². The number of aryl methyl sites for hydroxylation is 1. The van der Waals surface area contributed by atoms with Gasteiger partial charge >= 0.3 is 5.69 Å². The van der Waals surface area contributed by atoms with Crippen LogP contribution in [0.1, 0.15) is 50.5 Å². The highest BCUT2D eigenvalue weighted by Crippen LogP contribution is 2.34. The Balaban J connectivity index is 0.00000484. The molecule has 0 amide bonds. The number of rotatable bonds is 13. The number of aromatic nitrogens is 5. The van der Waals surface area contributed by atoms with Gasteiger partial charge in [-0.25, -0.2) is 13.8 Å². The van der Waals surface area contributed by atoms with E-state index in [4.69, 9.17) is 14.2 Å². The Hall–Kier alpha value is -3.33. The Morgan fingerprint density at radius 1 is 1.10 bits per heavy atom. The number of carbonyl (C=O) groups excluding carboxylic acids is 1. The Morgan fingerprint density at radius 2 is 1.79 bits per heavy atom. The summed E-state index contributed by atoms with van der Waals surface area (Å²) in [6.07, 6.45) is 2.37. The number of hydrogen-bond donors (Lipinski definition) is 0. The average Bonchev–Trinajstić information content (AvgIpc) is 3.58. The van der Waals surface area contributed by atoms with Crippen LogP contribution in [-0.4, -0.2) is 57.3 Å². The van der Waals surface area contributed by atoms with E-state index in [1.807, 2.05) is 13.8 Å². The summed E-state index contributed by atoms with van der Waals surface area (Å²) in [6, 6.07) is 3.05. The number of methoxy groups -OCH3 is 2. The van der Waals surface area contributed by atoms with Crippen molar-refractivity contribution in [2.45, 2.75) is 52.8 Å². The summed E-state index contributed by atoms with van der Waals surface area (Å²) in [6.45, 7) is 7.41.